The van der Waals surface area contributed by atoms with Crippen molar-refractivity contribution >= 4 is 5.97 Å². The minimum atomic E-state index is -0.788. The molecule has 2 aromatic rings. The van der Waals surface area contributed by atoms with Gasteiger partial charge in [0.05, 0.1) is 17.3 Å². The molecule has 0 amide bonds. The molecule has 0 aliphatic heterocycles. The summed E-state index contributed by atoms with van der Waals surface area (Å²) in [5.74, 6) is -1.46. The summed E-state index contributed by atoms with van der Waals surface area (Å²) in [5, 5.41) is 13.8. The molecule has 0 saturated carbocycles. The Labute approximate surface area is 140 Å². The van der Waals surface area contributed by atoms with Gasteiger partial charge in [0.1, 0.15) is 5.82 Å². The number of nitrogens with zero attached hydrogens (tertiary/aromatic N) is 3. The van der Waals surface area contributed by atoms with Gasteiger partial charge in [-0.1, -0.05) is 6.92 Å². The van der Waals surface area contributed by atoms with Crippen molar-refractivity contribution in [3.63, 3.8) is 0 Å². The lowest BCUT2D eigenvalue weighted by molar-refractivity contribution is -0.141. The van der Waals surface area contributed by atoms with Gasteiger partial charge < -0.3 is 5.11 Å². The van der Waals surface area contributed by atoms with Gasteiger partial charge in [-0.15, -0.1) is 0 Å². The van der Waals surface area contributed by atoms with Crippen molar-refractivity contribution in [3.8, 4) is 5.69 Å². The SMILES string of the molecule is CC(CN(C)Cc1nn(-c2ccc(F)cc2)c2c1CCC2)C(=O)O. The second-order valence-electron chi connectivity index (χ2n) is 6.55. The third-order valence-corrected chi connectivity index (χ3v) is 4.51. The van der Waals surface area contributed by atoms with Crippen molar-refractivity contribution in [2.45, 2.75) is 32.7 Å². The first kappa shape index (κ1) is 16.6. The van der Waals surface area contributed by atoms with Crippen molar-refractivity contribution < 1.29 is 14.3 Å². The van der Waals surface area contributed by atoms with Gasteiger partial charge in [-0.2, -0.15) is 5.10 Å². The maximum absolute atomic E-state index is 13.2. The van der Waals surface area contributed by atoms with Crippen LogP contribution in [0, 0.1) is 11.7 Å². The summed E-state index contributed by atoms with van der Waals surface area (Å²) < 4.78 is 15.1. The minimum Gasteiger partial charge on any atom is -0.481 e. The average Bonchev–Trinajstić information content (AvgIpc) is 3.12. The molecule has 3 rings (SSSR count). The molecule has 1 N–H and O–H groups in total. The van der Waals surface area contributed by atoms with Crippen molar-refractivity contribution in [2.75, 3.05) is 13.6 Å². The first-order valence-electron chi connectivity index (χ1n) is 8.22. The molecule has 1 atom stereocenters. The number of benzene rings is 1. The van der Waals surface area contributed by atoms with E-state index in [0.717, 1.165) is 30.6 Å². The van der Waals surface area contributed by atoms with Gasteiger partial charge in [0.2, 0.25) is 0 Å². The predicted molar refractivity (Wildman–Crippen MR) is 88.7 cm³/mol. The van der Waals surface area contributed by atoms with Crippen molar-refractivity contribution in [3.05, 3.63) is 47.0 Å². The van der Waals surface area contributed by atoms with Crippen LogP contribution in [0.5, 0.6) is 0 Å². The Morgan fingerprint density at radius 2 is 2.08 bits per heavy atom. The van der Waals surface area contributed by atoms with Gasteiger partial charge in [0.15, 0.2) is 0 Å². The van der Waals surface area contributed by atoms with Gasteiger partial charge in [-0.3, -0.25) is 9.69 Å². The number of carboxylic acids is 1. The second kappa shape index (κ2) is 6.73. The fourth-order valence-corrected chi connectivity index (χ4v) is 3.30. The standard InChI is InChI=1S/C18H22FN3O2/c1-12(18(23)24)10-21(2)11-16-15-4-3-5-17(15)22(20-16)14-8-6-13(19)7-9-14/h6-9,12H,3-5,10-11H2,1-2H3,(H,23,24). The third-order valence-electron chi connectivity index (χ3n) is 4.51. The highest BCUT2D eigenvalue weighted by Crippen LogP contribution is 2.28. The van der Waals surface area contributed by atoms with Gasteiger partial charge >= 0.3 is 5.97 Å². The Bertz CT molecular complexity index is 739. The lowest BCUT2D eigenvalue weighted by atomic mass is 10.1. The van der Waals surface area contributed by atoms with Crippen LogP contribution < -0.4 is 0 Å². The number of hydrogen-bond donors (Lipinski definition) is 1. The third kappa shape index (κ3) is 3.33. The van der Waals surface area contributed by atoms with Crippen molar-refractivity contribution in [1.29, 1.82) is 0 Å². The van der Waals surface area contributed by atoms with Gasteiger partial charge in [-0.25, -0.2) is 9.07 Å². The highest BCUT2D eigenvalue weighted by atomic mass is 19.1. The van der Waals surface area contributed by atoms with Gasteiger partial charge in [0.25, 0.3) is 0 Å². The molecule has 1 unspecified atom stereocenters. The maximum Gasteiger partial charge on any atom is 0.307 e. The van der Waals surface area contributed by atoms with E-state index in [1.54, 1.807) is 19.1 Å². The van der Waals surface area contributed by atoms with Crippen LogP contribution >= 0.6 is 0 Å². The van der Waals surface area contributed by atoms with Crippen LogP contribution in [0.4, 0.5) is 4.39 Å². The smallest absolute Gasteiger partial charge is 0.307 e. The minimum absolute atomic E-state index is 0.259. The summed E-state index contributed by atoms with van der Waals surface area (Å²) in [6.45, 7) is 2.81. The number of carbonyl (C=O) groups is 1. The molecule has 1 aromatic heterocycles. The second-order valence-corrected chi connectivity index (χ2v) is 6.55. The average molecular weight is 331 g/mol. The summed E-state index contributed by atoms with van der Waals surface area (Å²) in [6, 6.07) is 6.36. The van der Waals surface area contributed by atoms with Crippen molar-refractivity contribution in [2.24, 2.45) is 5.92 Å². The monoisotopic (exact) mass is 331 g/mol. The Hall–Kier alpha value is -2.21. The van der Waals surface area contributed by atoms with E-state index in [2.05, 4.69) is 0 Å². The van der Waals surface area contributed by atoms with E-state index in [4.69, 9.17) is 10.2 Å². The van der Waals surface area contributed by atoms with Crippen LogP contribution in [0.15, 0.2) is 24.3 Å². The van der Waals surface area contributed by atoms with Crippen LogP contribution in [-0.2, 0) is 24.2 Å². The largest absolute Gasteiger partial charge is 0.481 e. The highest BCUT2D eigenvalue weighted by molar-refractivity contribution is 5.69. The van der Waals surface area contributed by atoms with Gasteiger partial charge in [-0.05, 0) is 56.1 Å². The van der Waals surface area contributed by atoms with E-state index in [0.29, 0.717) is 13.1 Å². The molecule has 1 aliphatic carbocycles. The lowest BCUT2D eigenvalue weighted by Crippen LogP contribution is -2.28. The zero-order valence-corrected chi connectivity index (χ0v) is 14.0. The molecule has 1 aliphatic rings. The first-order valence-corrected chi connectivity index (χ1v) is 8.22. The van der Waals surface area contributed by atoms with E-state index in [1.807, 2.05) is 16.6 Å². The van der Waals surface area contributed by atoms with E-state index in [1.165, 1.54) is 23.4 Å². The predicted octanol–water partition coefficient (Wildman–Crippen LogP) is 2.65. The topological polar surface area (TPSA) is 58.4 Å². The lowest BCUT2D eigenvalue weighted by Gasteiger charge is -2.18. The van der Waals surface area contributed by atoms with Crippen molar-refractivity contribution in [1.82, 2.24) is 14.7 Å². The summed E-state index contributed by atoms with van der Waals surface area (Å²) >= 11 is 0. The van der Waals surface area contributed by atoms with Gasteiger partial charge in [0, 0.05) is 18.8 Å². The number of halogens is 1. The molecule has 128 valence electrons. The molecular weight excluding hydrogens is 309 g/mol. The Morgan fingerprint density at radius 1 is 1.38 bits per heavy atom. The molecule has 5 nitrogen and oxygen atoms in total. The van der Waals surface area contributed by atoms with Crippen LogP contribution in [0.1, 0.15) is 30.3 Å². The molecule has 24 heavy (non-hydrogen) atoms. The van der Waals surface area contributed by atoms with Crippen LogP contribution in [0.3, 0.4) is 0 Å². The quantitative estimate of drug-likeness (QED) is 0.884. The summed E-state index contributed by atoms with van der Waals surface area (Å²) in [4.78, 5) is 13.0. The van der Waals surface area contributed by atoms with E-state index in [-0.39, 0.29) is 5.82 Å². The van der Waals surface area contributed by atoms with Crippen LogP contribution in [0.25, 0.3) is 5.69 Å². The fraction of sp³-hybridized carbons (Fsp3) is 0.444. The van der Waals surface area contributed by atoms with Crippen LogP contribution in [0.2, 0.25) is 0 Å². The Morgan fingerprint density at radius 3 is 2.75 bits per heavy atom. The summed E-state index contributed by atoms with van der Waals surface area (Å²) in [6.07, 6.45) is 3.06. The van der Waals surface area contributed by atoms with Crippen LogP contribution in [-0.4, -0.2) is 39.3 Å². The number of aromatic nitrogens is 2. The molecule has 0 radical (unpaired) electrons. The number of rotatable bonds is 6. The normalized spacial score (nSPS) is 14.8. The Balaban J connectivity index is 1.83. The number of fused-ring (bicyclic) bond motifs is 1. The fourth-order valence-electron chi connectivity index (χ4n) is 3.30. The molecule has 0 bridgehead atoms. The molecule has 0 fully saturated rings. The number of hydrogen-bond acceptors (Lipinski definition) is 3. The molecular formula is C18H22FN3O2. The Kier molecular flexibility index (Phi) is 4.66. The summed E-state index contributed by atoms with van der Waals surface area (Å²) in [5.41, 5.74) is 4.31. The zero-order chi connectivity index (χ0) is 17.3. The van der Waals surface area contributed by atoms with E-state index >= 15 is 0 Å². The van der Waals surface area contributed by atoms with E-state index in [9.17, 15) is 9.18 Å². The molecule has 6 heteroatoms. The molecule has 1 heterocycles. The van der Waals surface area contributed by atoms with E-state index < -0.39 is 11.9 Å². The number of aliphatic carboxylic acids is 1. The molecule has 1 aromatic carbocycles. The number of carboxylic acid groups (broad SMARTS) is 1. The molecule has 0 spiro atoms. The highest BCUT2D eigenvalue weighted by Gasteiger charge is 2.24. The molecule has 0 saturated heterocycles. The first-order chi connectivity index (χ1) is 11.5. The summed E-state index contributed by atoms with van der Waals surface area (Å²) in [7, 11) is 1.91. The maximum atomic E-state index is 13.2. The zero-order valence-electron chi connectivity index (χ0n) is 14.0.